The lowest BCUT2D eigenvalue weighted by molar-refractivity contribution is -0.201. The maximum atomic E-state index is 10.8. The molecule has 88 valence electrons. The van der Waals surface area contributed by atoms with Gasteiger partial charge in [-0.1, -0.05) is 11.6 Å². The first kappa shape index (κ1) is 12.6. The summed E-state index contributed by atoms with van der Waals surface area (Å²) in [5.41, 5.74) is -0.128. The van der Waals surface area contributed by atoms with Crippen LogP contribution in [0.15, 0.2) is 12.1 Å². The number of carboxylic acids is 1. The maximum Gasteiger partial charge on any atom is 0.337 e. The summed E-state index contributed by atoms with van der Waals surface area (Å²) in [5, 5.41) is 8.69. The summed E-state index contributed by atoms with van der Waals surface area (Å²) < 4.78 is 0. The van der Waals surface area contributed by atoms with Crippen molar-refractivity contribution >= 4 is 17.6 Å². The predicted molar refractivity (Wildman–Crippen MR) is 53.7 cm³/mol. The van der Waals surface area contributed by atoms with E-state index < -0.39 is 5.97 Å². The number of hydrogen-bond donors (Lipinski definition) is 1. The van der Waals surface area contributed by atoms with E-state index in [0.717, 1.165) is 0 Å². The molecule has 6 nitrogen and oxygen atoms in total. The molecule has 0 radical (unpaired) electrons. The molecule has 0 unspecified atom stereocenters. The number of halogens is 1. The lowest BCUT2D eigenvalue weighted by Crippen LogP contribution is -2.03. The minimum atomic E-state index is -1.19. The van der Waals surface area contributed by atoms with Crippen LogP contribution in [0.25, 0.3) is 0 Å². The van der Waals surface area contributed by atoms with Gasteiger partial charge < -0.3 is 14.9 Å². The van der Waals surface area contributed by atoms with Crippen LogP contribution in [-0.4, -0.2) is 25.3 Å². The number of aromatic carboxylic acids is 1. The Morgan fingerprint density at radius 3 is 2.38 bits per heavy atom. The number of rotatable bonds is 5. The van der Waals surface area contributed by atoms with Gasteiger partial charge in [0.1, 0.15) is 5.02 Å². The Kier molecular flexibility index (Phi) is 4.36. The normalized spacial score (nSPS) is 9.94. The SMILES string of the molecule is COOc1ccc(C(=O)O)c(Cl)c1OOC. The van der Waals surface area contributed by atoms with Crippen LogP contribution >= 0.6 is 11.6 Å². The molecule has 0 atom stereocenters. The molecule has 0 aliphatic heterocycles. The zero-order valence-electron chi connectivity index (χ0n) is 8.52. The first-order valence-electron chi connectivity index (χ1n) is 4.09. The molecular weight excluding hydrogens is 240 g/mol. The highest BCUT2D eigenvalue weighted by atomic mass is 35.5. The van der Waals surface area contributed by atoms with Crippen molar-refractivity contribution in [2.24, 2.45) is 0 Å². The summed E-state index contributed by atoms with van der Waals surface area (Å²) in [6, 6.07) is 2.61. The van der Waals surface area contributed by atoms with E-state index in [1.54, 1.807) is 0 Å². The van der Waals surface area contributed by atoms with Crippen molar-refractivity contribution in [2.75, 3.05) is 14.2 Å². The molecule has 0 aromatic heterocycles. The van der Waals surface area contributed by atoms with Crippen LogP contribution in [0, 0.1) is 0 Å². The second-order valence-corrected chi connectivity index (χ2v) is 2.94. The number of carbonyl (C=O) groups is 1. The van der Waals surface area contributed by atoms with Crippen LogP contribution < -0.4 is 9.78 Å². The highest BCUT2D eigenvalue weighted by Gasteiger charge is 2.20. The molecule has 16 heavy (non-hydrogen) atoms. The largest absolute Gasteiger partial charge is 0.478 e. The first-order valence-corrected chi connectivity index (χ1v) is 4.46. The van der Waals surface area contributed by atoms with Crippen molar-refractivity contribution in [2.45, 2.75) is 0 Å². The van der Waals surface area contributed by atoms with E-state index in [2.05, 4.69) is 9.78 Å². The van der Waals surface area contributed by atoms with E-state index in [1.807, 2.05) is 0 Å². The Labute approximate surface area is 96.1 Å². The third kappa shape index (κ3) is 2.54. The van der Waals surface area contributed by atoms with E-state index >= 15 is 0 Å². The summed E-state index contributed by atoms with van der Waals surface area (Å²) in [5.74, 6) is -1.14. The molecule has 1 aromatic carbocycles. The second-order valence-electron chi connectivity index (χ2n) is 2.56. The van der Waals surface area contributed by atoms with Gasteiger partial charge in [0, 0.05) is 0 Å². The average Bonchev–Trinajstić information content (AvgIpc) is 2.23. The monoisotopic (exact) mass is 248 g/mol. The predicted octanol–water partition coefficient (Wildman–Crippen LogP) is 1.92. The molecule has 0 bridgehead atoms. The van der Waals surface area contributed by atoms with Crippen LogP contribution in [0.1, 0.15) is 10.4 Å². The van der Waals surface area contributed by atoms with Crippen molar-refractivity contribution in [3.8, 4) is 11.5 Å². The van der Waals surface area contributed by atoms with Crippen molar-refractivity contribution in [3.05, 3.63) is 22.7 Å². The summed E-state index contributed by atoms with van der Waals surface area (Å²) in [4.78, 5) is 29.1. The molecule has 0 spiro atoms. The summed E-state index contributed by atoms with van der Waals surface area (Å²) in [6.07, 6.45) is 0. The van der Waals surface area contributed by atoms with Gasteiger partial charge in [-0.05, 0) is 12.1 Å². The Morgan fingerprint density at radius 1 is 1.25 bits per heavy atom. The Morgan fingerprint density at radius 2 is 1.88 bits per heavy atom. The van der Waals surface area contributed by atoms with Crippen molar-refractivity contribution < 1.29 is 29.5 Å². The van der Waals surface area contributed by atoms with Gasteiger partial charge in [-0.15, -0.1) is 0 Å². The molecular formula is C9H9ClO6. The van der Waals surface area contributed by atoms with Gasteiger partial charge in [0.2, 0.25) is 11.5 Å². The van der Waals surface area contributed by atoms with Crippen LogP contribution in [0.5, 0.6) is 11.5 Å². The first-order chi connectivity index (χ1) is 7.61. The fourth-order valence-corrected chi connectivity index (χ4v) is 1.29. The quantitative estimate of drug-likeness (QED) is 0.634. The molecule has 1 aromatic rings. The van der Waals surface area contributed by atoms with Gasteiger partial charge in [-0.3, -0.25) is 0 Å². The smallest absolute Gasteiger partial charge is 0.337 e. The fraction of sp³-hybridized carbons (Fsp3) is 0.222. The molecule has 0 aliphatic carbocycles. The van der Waals surface area contributed by atoms with E-state index in [4.69, 9.17) is 26.5 Å². The zero-order valence-corrected chi connectivity index (χ0v) is 9.28. The molecule has 7 heteroatoms. The fourth-order valence-electron chi connectivity index (χ4n) is 1.02. The van der Waals surface area contributed by atoms with Gasteiger partial charge in [-0.25, -0.2) is 4.79 Å². The van der Waals surface area contributed by atoms with E-state index in [9.17, 15) is 4.79 Å². The van der Waals surface area contributed by atoms with Gasteiger partial charge >= 0.3 is 5.97 Å². The van der Waals surface area contributed by atoms with E-state index in [-0.39, 0.29) is 22.1 Å². The highest BCUT2D eigenvalue weighted by Crippen LogP contribution is 2.37. The average molecular weight is 249 g/mol. The third-order valence-electron chi connectivity index (χ3n) is 1.63. The van der Waals surface area contributed by atoms with E-state index in [0.29, 0.717) is 0 Å². The second kappa shape index (κ2) is 5.55. The Hall–Kier alpha value is -1.50. The molecule has 0 saturated carbocycles. The standard InChI is InChI=1S/C9H9ClO6/c1-13-15-6-4-3-5(9(11)12)7(10)8(6)16-14-2/h3-4H,1-2H3,(H,11,12). The van der Waals surface area contributed by atoms with Gasteiger partial charge in [0.15, 0.2) is 0 Å². The topological polar surface area (TPSA) is 74.2 Å². The molecule has 1 rings (SSSR count). The zero-order chi connectivity index (χ0) is 12.1. The van der Waals surface area contributed by atoms with Gasteiger partial charge in [0.05, 0.1) is 19.8 Å². The van der Waals surface area contributed by atoms with Gasteiger partial charge in [0.25, 0.3) is 0 Å². The molecule has 0 amide bonds. The third-order valence-corrected chi connectivity index (χ3v) is 2.01. The summed E-state index contributed by atoms with van der Waals surface area (Å²) in [7, 11) is 2.54. The van der Waals surface area contributed by atoms with Crippen molar-refractivity contribution in [3.63, 3.8) is 0 Å². The molecule has 1 N–H and O–H groups in total. The number of hydrogen-bond acceptors (Lipinski definition) is 5. The Bertz CT molecular complexity index is 392. The van der Waals surface area contributed by atoms with Crippen LogP contribution in [0.3, 0.4) is 0 Å². The molecule has 0 fully saturated rings. The van der Waals surface area contributed by atoms with Crippen LogP contribution in [0.4, 0.5) is 0 Å². The van der Waals surface area contributed by atoms with Crippen LogP contribution in [0.2, 0.25) is 5.02 Å². The number of benzene rings is 1. The Balaban J connectivity index is 3.23. The van der Waals surface area contributed by atoms with Crippen molar-refractivity contribution in [1.82, 2.24) is 0 Å². The number of carboxylic acid groups (broad SMARTS) is 1. The van der Waals surface area contributed by atoms with Crippen molar-refractivity contribution in [1.29, 1.82) is 0 Å². The van der Waals surface area contributed by atoms with Gasteiger partial charge in [-0.2, -0.15) is 9.78 Å². The lowest BCUT2D eigenvalue weighted by Gasteiger charge is -2.10. The maximum absolute atomic E-state index is 10.8. The summed E-state index contributed by atoms with van der Waals surface area (Å²) >= 11 is 5.80. The minimum Gasteiger partial charge on any atom is -0.478 e. The minimum absolute atomic E-state index is 0.0640. The molecule has 0 heterocycles. The van der Waals surface area contributed by atoms with E-state index in [1.165, 1.54) is 26.4 Å². The lowest BCUT2D eigenvalue weighted by atomic mass is 10.2. The van der Waals surface area contributed by atoms with Crippen LogP contribution in [-0.2, 0) is 9.78 Å². The molecule has 0 saturated heterocycles. The highest BCUT2D eigenvalue weighted by molar-refractivity contribution is 6.35. The molecule has 0 aliphatic rings. The summed E-state index contributed by atoms with van der Waals surface area (Å²) in [6.45, 7) is 0.